The first-order valence-corrected chi connectivity index (χ1v) is 9.54. The van der Waals surface area contributed by atoms with Gasteiger partial charge in [-0.05, 0) is 23.6 Å². The van der Waals surface area contributed by atoms with Crippen LogP contribution in [0.25, 0.3) is 0 Å². The molecule has 0 bridgehead atoms. The van der Waals surface area contributed by atoms with Gasteiger partial charge in [-0.1, -0.05) is 12.1 Å². The number of fused-ring (bicyclic) bond motifs is 2. The van der Waals surface area contributed by atoms with E-state index < -0.39 is 10.0 Å². The van der Waals surface area contributed by atoms with Crippen LogP contribution in [0.15, 0.2) is 29.3 Å². The fourth-order valence-corrected chi connectivity index (χ4v) is 4.40. The monoisotopic (exact) mass is 348 g/mol. The van der Waals surface area contributed by atoms with Gasteiger partial charge in [-0.15, -0.1) is 0 Å². The van der Waals surface area contributed by atoms with Crippen molar-refractivity contribution in [2.75, 3.05) is 13.2 Å². The summed E-state index contributed by atoms with van der Waals surface area (Å²) >= 11 is 0. The Morgan fingerprint density at radius 3 is 3.00 bits per heavy atom. The summed E-state index contributed by atoms with van der Waals surface area (Å²) in [7, 11) is -3.67. The number of ether oxygens (including phenoxy) is 1. The highest BCUT2D eigenvalue weighted by molar-refractivity contribution is 7.89. The summed E-state index contributed by atoms with van der Waals surface area (Å²) in [4.78, 5) is 7.01. The smallest absolute Gasteiger partial charge is 0.238 e. The SMILES string of the molecule is NS(=O)(=O)c1cccc2c1CCN(Cc1cnc3n1CCOC3)C2. The third-order valence-electron chi connectivity index (χ3n) is 4.71. The van der Waals surface area contributed by atoms with Crippen LogP contribution in [-0.2, 0) is 47.4 Å². The van der Waals surface area contributed by atoms with Crippen LogP contribution in [0.4, 0.5) is 0 Å². The molecule has 0 unspecified atom stereocenters. The number of benzene rings is 1. The quantitative estimate of drug-likeness (QED) is 0.878. The molecule has 2 aliphatic heterocycles. The molecule has 1 aromatic heterocycles. The van der Waals surface area contributed by atoms with Crippen molar-refractivity contribution in [2.45, 2.75) is 37.6 Å². The number of aromatic nitrogens is 2. The zero-order valence-electron chi connectivity index (χ0n) is 13.3. The van der Waals surface area contributed by atoms with Crippen molar-refractivity contribution in [1.82, 2.24) is 14.5 Å². The maximum atomic E-state index is 11.7. The number of nitrogens with zero attached hydrogens (tertiary/aromatic N) is 3. The third-order valence-corrected chi connectivity index (χ3v) is 5.70. The Hall–Kier alpha value is -1.74. The molecule has 0 radical (unpaired) electrons. The van der Waals surface area contributed by atoms with Crippen LogP contribution in [0.3, 0.4) is 0 Å². The lowest BCUT2D eigenvalue weighted by Crippen LogP contribution is -2.32. The van der Waals surface area contributed by atoms with E-state index in [1.165, 1.54) is 5.69 Å². The van der Waals surface area contributed by atoms with E-state index in [2.05, 4.69) is 14.5 Å². The van der Waals surface area contributed by atoms with Crippen molar-refractivity contribution in [3.05, 3.63) is 47.0 Å². The molecule has 0 saturated carbocycles. The zero-order valence-corrected chi connectivity index (χ0v) is 14.1. The fourth-order valence-electron chi connectivity index (χ4n) is 3.55. The van der Waals surface area contributed by atoms with Gasteiger partial charge in [0.2, 0.25) is 10.0 Å². The van der Waals surface area contributed by atoms with Crippen LogP contribution in [0.1, 0.15) is 22.6 Å². The second-order valence-electron chi connectivity index (χ2n) is 6.27. The summed E-state index contributed by atoms with van der Waals surface area (Å²) in [5, 5.41) is 5.34. The first-order valence-electron chi connectivity index (χ1n) is 7.99. The molecule has 0 atom stereocenters. The van der Waals surface area contributed by atoms with Crippen molar-refractivity contribution < 1.29 is 13.2 Å². The minimum atomic E-state index is -3.67. The maximum absolute atomic E-state index is 11.7. The number of hydrogen-bond donors (Lipinski definition) is 1. The molecule has 0 fully saturated rings. The van der Waals surface area contributed by atoms with E-state index in [0.717, 1.165) is 49.7 Å². The first-order chi connectivity index (χ1) is 11.5. The van der Waals surface area contributed by atoms with Gasteiger partial charge in [-0.2, -0.15) is 0 Å². The molecule has 0 spiro atoms. The largest absolute Gasteiger partial charge is 0.372 e. The van der Waals surface area contributed by atoms with Crippen LogP contribution >= 0.6 is 0 Å². The average Bonchev–Trinajstić information content (AvgIpc) is 2.96. The Labute approximate surface area is 141 Å². The number of nitrogens with two attached hydrogens (primary N) is 1. The molecule has 2 N–H and O–H groups in total. The Morgan fingerprint density at radius 1 is 1.29 bits per heavy atom. The Bertz CT molecular complexity index is 875. The van der Waals surface area contributed by atoms with Crippen LogP contribution in [0, 0.1) is 0 Å². The van der Waals surface area contributed by atoms with Gasteiger partial charge in [-0.3, -0.25) is 4.90 Å². The van der Waals surface area contributed by atoms with Gasteiger partial charge in [0.25, 0.3) is 0 Å². The molecule has 8 heteroatoms. The molecule has 2 aliphatic rings. The second-order valence-corrected chi connectivity index (χ2v) is 7.80. The van der Waals surface area contributed by atoms with Crippen molar-refractivity contribution in [3.63, 3.8) is 0 Å². The third kappa shape index (κ3) is 2.86. The standard InChI is InChI=1S/C16H20N4O3S/c17-24(21,22)15-3-1-2-12-9-19(5-4-14(12)15)10-13-8-18-16-11-23-7-6-20(13)16/h1-3,8H,4-7,9-11H2,(H2,17,21,22). The topological polar surface area (TPSA) is 90.5 Å². The number of sulfonamides is 1. The van der Waals surface area contributed by atoms with Crippen molar-refractivity contribution in [3.8, 4) is 0 Å². The summed E-state index contributed by atoms with van der Waals surface area (Å²) in [5.74, 6) is 0.977. The lowest BCUT2D eigenvalue weighted by molar-refractivity contribution is 0.0794. The summed E-state index contributed by atoms with van der Waals surface area (Å²) in [6.07, 6.45) is 2.60. The highest BCUT2D eigenvalue weighted by atomic mass is 32.2. The number of primary sulfonamides is 1. The average molecular weight is 348 g/mol. The summed E-state index contributed by atoms with van der Waals surface area (Å²) in [6, 6.07) is 5.34. The number of imidazole rings is 1. The molecular formula is C16H20N4O3S. The Morgan fingerprint density at radius 2 is 2.17 bits per heavy atom. The number of rotatable bonds is 3. The molecule has 7 nitrogen and oxygen atoms in total. The van der Waals surface area contributed by atoms with Gasteiger partial charge in [0.05, 0.1) is 17.2 Å². The van der Waals surface area contributed by atoms with Gasteiger partial charge in [-0.25, -0.2) is 18.5 Å². The maximum Gasteiger partial charge on any atom is 0.238 e. The number of hydrogen-bond acceptors (Lipinski definition) is 5. The minimum Gasteiger partial charge on any atom is -0.372 e. The molecule has 0 amide bonds. The van der Waals surface area contributed by atoms with E-state index in [1.54, 1.807) is 12.1 Å². The molecule has 4 rings (SSSR count). The molecule has 0 saturated heterocycles. The molecule has 3 heterocycles. The highest BCUT2D eigenvalue weighted by Gasteiger charge is 2.24. The van der Waals surface area contributed by atoms with E-state index >= 15 is 0 Å². The second kappa shape index (κ2) is 5.96. The molecule has 128 valence electrons. The first kappa shape index (κ1) is 15.8. The molecule has 2 aromatic rings. The summed E-state index contributed by atoms with van der Waals surface area (Å²) in [6.45, 7) is 4.44. The molecule has 24 heavy (non-hydrogen) atoms. The lowest BCUT2D eigenvalue weighted by atomic mass is 9.99. The van der Waals surface area contributed by atoms with Crippen molar-refractivity contribution in [1.29, 1.82) is 0 Å². The Balaban J connectivity index is 1.56. The van der Waals surface area contributed by atoms with Crippen LogP contribution in [0.5, 0.6) is 0 Å². The van der Waals surface area contributed by atoms with Crippen LogP contribution in [-0.4, -0.2) is 36.0 Å². The summed E-state index contributed by atoms with van der Waals surface area (Å²) in [5.41, 5.74) is 3.08. The fraction of sp³-hybridized carbons (Fsp3) is 0.438. The van der Waals surface area contributed by atoms with E-state index in [1.807, 2.05) is 12.3 Å². The summed E-state index contributed by atoms with van der Waals surface area (Å²) < 4.78 is 31.1. The minimum absolute atomic E-state index is 0.263. The van der Waals surface area contributed by atoms with Gasteiger partial charge in [0.15, 0.2) is 0 Å². The van der Waals surface area contributed by atoms with Crippen molar-refractivity contribution >= 4 is 10.0 Å². The molecule has 0 aliphatic carbocycles. The van der Waals surface area contributed by atoms with Gasteiger partial charge in [0, 0.05) is 32.4 Å². The predicted octanol–water partition coefficient (Wildman–Crippen LogP) is 0.619. The van der Waals surface area contributed by atoms with E-state index in [0.29, 0.717) is 13.0 Å². The normalized spacial score (nSPS) is 18.2. The Kier molecular flexibility index (Phi) is 3.92. The van der Waals surface area contributed by atoms with Gasteiger partial charge >= 0.3 is 0 Å². The van der Waals surface area contributed by atoms with Crippen LogP contribution in [0.2, 0.25) is 0 Å². The van der Waals surface area contributed by atoms with E-state index in [-0.39, 0.29) is 4.90 Å². The van der Waals surface area contributed by atoms with Crippen molar-refractivity contribution in [2.24, 2.45) is 5.14 Å². The van der Waals surface area contributed by atoms with Gasteiger partial charge in [0.1, 0.15) is 12.4 Å². The predicted molar refractivity (Wildman–Crippen MR) is 87.5 cm³/mol. The highest BCUT2D eigenvalue weighted by Crippen LogP contribution is 2.26. The lowest BCUT2D eigenvalue weighted by Gasteiger charge is -2.30. The van der Waals surface area contributed by atoms with E-state index in [9.17, 15) is 8.42 Å². The molecule has 1 aromatic carbocycles. The molecular weight excluding hydrogens is 328 g/mol. The van der Waals surface area contributed by atoms with Gasteiger partial charge < -0.3 is 9.30 Å². The van der Waals surface area contributed by atoms with Crippen LogP contribution < -0.4 is 5.14 Å². The van der Waals surface area contributed by atoms with E-state index in [4.69, 9.17) is 9.88 Å². The zero-order chi connectivity index (χ0) is 16.7.